The molecule has 6 heteroatoms. The molecule has 0 aliphatic rings. The minimum atomic E-state index is -0.953. The summed E-state index contributed by atoms with van der Waals surface area (Å²) in [6.07, 6.45) is 1.38. The number of rotatable bonds is 5. The van der Waals surface area contributed by atoms with Gasteiger partial charge < -0.3 is 10.4 Å². The van der Waals surface area contributed by atoms with Crippen molar-refractivity contribution in [3.05, 3.63) is 51.8 Å². The van der Waals surface area contributed by atoms with Gasteiger partial charge in [-0.25, -0.2) is 4.79 Å². The zero-order chi connectivity index (χ0) is 14.7. The van der Waals surface area contributed by atoms with Crippen LogP contribution in [-0.4, -0.2) is 20.9 Å². The molecule has 0 saturated carbocycles. The summed E-state index contributed by atoms with van der Waals surface area (Å²) in [5, 5.41) is 16.4. The quantitative estimate of drug-likeness (QED) is 0.880. The third-order valence-electron chi connectivity index (χ3n) is 3.24. The normalized spacial score (nSPS) is 12.3. The summed E-state index contributed by atoms with van der Waals surface area (Å²) in [6, 6.07) is 8.16. The third-order valence-corrected chi connectivity index (χ3v) is 3.77. The molecular weight excluding hydrogens is 322 g/mol. The number of carbonyl (C=O) groups is 1. The fourth-order valence-corrected chi connectivity index (χ4v) is 2.23. The highest BCUT2D eigenvalue weighted by Crippen LogP contribution is 2.17. The van der Waals surface area contributed by atoms with E-state index in [9.17, 15) is 4.79 Å². The summed E-state index contributed by atoms with van der Waals surface area (Å²) in [4.78, 5) is 11.1. The van der Waals surface area contributed by atoms with Gasteiger partial charge in [0.25, 0.3) is 0 Å². The van der Waals surface area contributed by atoms with E-state index in [2.05, 4.69) is 26.3 Å². The smallest absolute Gasteiger partial charge is 0.339 e. The highest BCUT2D eigenvalue weighted by atomic mass is 79.9. The molecule has 0 fully saturated rings. The van der Waals surface area contributed by atoms with Crippen molar-refractivity contribution in [3.8, 4) is 0 Å². The van der Waals surface area contributed by atoms with E-state index >= 15 is 0 Å². The molecule has 0 spiro atoms. The molecule has 20 heavy (non-hydrogen) atoms. The van der Waals surface area contributed by atoms with Gasteiger partial charge in [-0.05, 0) is 24.6 Å². The Hall–Kier alpha value is -1.66. The molecule has 106 valence electrons. The summed E-state index contributed by atoms with van der Waals surface area (Å²) in [6.45, 7) is 2.50. The molecule has 2 N–H and O–H groups in total. The Morgan fingerprint density at radius 3 is 2.70 bits per heavy atom. The van der Waals surface area contributed by atoms with Gasteiger partial charge in [0.2, 0.25) is 0 Å². The number of hydrogen-bond donors (Lipinski definition) is 2. The maximum absolute atomic E-state index is 11.1. The van der Waals surface area contributed by atoms with Crippen molar-refractivity contribution in [1.82, 2.24) is 15.1 Å². The maximum atomic E-state index is 11.1. The van der Waals surface area contributed by atoms with Crippen molar-refractivity contribution in [2.24, 2.45) is 7.05 Å². The topological polar surface area (TPSA) is 67.2 Å². The molecule has 1 heterocycles. The first-order chi connectivity index (χ1) is 9.49. The zero-order valence-corrected chi connectivity index (χ0v) is 12.9. The number of aryl methyl sites for hydroxylation is 1. The molecule has 0 aliphatic carbocycles. The Morgan fingerprint density at radius 1 is 1.45 bits per heavy atom. The molecule has 0 radical (unpaired) electrons. The monoisotopic (exact) mass is 337 g/mol. The van der Waals surface area contributed by atoms with Crippen LogP contribution in [0.4, 0.5) is 0 Å². The lowest BCUT2D eigenvalue weighted by Gasteiger charge is -2.15. The number of aromatic carboxylic acids is 1. The summed E-state index contributed by atoms with van der Waals surface area (Å²) in [7, 11) is 1.74. The van der Waals surface area contributed by atoms with Crippen LogP contribution in [0.15, 0.2) is 34.9 Å². The van der Waals surface area contributed by atoms with E-state index in [0.29, 0.717) is 12.2 Å². The molecule has 0 amide bonds. The number of benzene rings is 1. The molecule has 1 atom stereocenters. The summed E-state index contributed by atoms with van der Waals surface area (Å²) >= 11 is 3.40. The van der Waals surface area contributed by atoms with Crippen molar-refractivity contribution < 1.29 is 9.90 Å². The highest BCUT2D eigenvalue weighted by molar-refractivity contribution is 9.10. The Kier molecular flexibility index (Phi) is 4.57. The van der Waals surface area contributed by atoms with Crippen LogP contribution in [0, 0.1) is 0 Å². The predicted molar refractivity (Wildman–Crippen MR) is 79.6 cm³/mol. The average Bonchev–Trinajstić information content (AvgIpc) is 2.78. The lowest BCUT2D eigenvalue weighted by Crippen LogP contribution is -2.21. The van der Waals surface area contributed by atoms with E-state index in [1.165, 1.54) is 6.20 Å². The van der Waals surface area contributed by atoms with Crippen LogP contribution in [0.5, 0.6) is 0 Å². The molecule has 5 nitrogen and oxygen atoms in total. The minimum Gasteiger partial charge on any atom is -0.478 e. The van der Waals surface area contributed by atoms with Gasteiger partial charge in [-0.2, -0.15) is 5.10 Å². The Balaban J connectivity index is 2.07. The summed E-state index contributed by atoms with van der Waals surface area (Å²) in [5.41, 5.74) is 2.05. The van der Waals surface area contributed by atoms with E-state index < -0.39 is 5.97 Å². The highest BCUT2D eigenvalue weighted by Gasteiger charge is 2.15. The molecule has 2 rings (SSSR count). The van der Waals surface area contributed by atoms with Gasteiger partial charge in [0, 0.05) is 24.1 Å². The first-order valence-electron chi connectivity index (χ1n) is 6.22. The van der Waals surface area contributed by atoms with Gasteiger partial charge in [-0.15, -0.1) is 0 Å². The second-order valence-electron chi connectivity index (χ2n) is 4.59. The first-order valence-corrected chi connectivity index (χ1v) is 7.01. The Labute approximate surface area is 125 Å². The number of nitrogens with zero attached hydrogens (tertiary/aromatic N) is 2. The molecule has 2 aromatic rings. The minimum absolute atomic E-state index is 0.125. The average molecular weight is 338 g/mol. The second kappa shape index (κ2) is 6.19. The van der Waals surface area contributed by atoms with E-state index in [1.807, 2.05) is 31.2 Å². The largest absolute Gasteiger partial charge is 0.478 e. The SMILES string of the molecule is C[C@H](NCc1c(C(=O)O)cnn1C)c1ccc(Br)cc1. The number of aromatic nitrogens is 2. The van der Waals surface area contributed by atoms with Crippen LogP contribution in [0.2, 0.25) is 0 Å². The fourth-order valence-electron chi connectivity index (χ4n) is 1.97. The van der Waals surface area contributed by atoms with Crippen molar-refractivity contribution in [2.75, 3.05) is 0 Å². The van der Waals surface area contributed by atoms with Crippen molar-refractivity contribution in [3.63, 3.8) is 0 Å². The zero-order valence-electron chi connectivity index (χ0n) is 11.3. The predicted octanol–water partition coefficient (Wildman–Crippen LogP) is 2.73. The van der Waals surface area contributed by atoms with Crippen LogP contribution in [-0.2, 0) is 13.6 Å². The number of nitrogens with one attached hydrogen (secondary N) is 1. The van der Waals surface area contributed by atoms with Crippen LogP contribution in [0.1, 0.15) is 34.6 Å². The number of halogens is 1. The lowest BCUT2D eigenvalue weighted by molar-refractivity contribution is 0.0695. The van der Waals surface area contributed by atoms with Gasteiger partial charge in [0.15, 0.2) is 0 Å². The molecule has 0 bridgehead atoms. The van der Waals surface area contributed by atoms with Gasteiger partial charge in [0.05, 0.1) is 11.9 Å². The molecule has 0 saturated heterocycles. The van der Waals surface area contributed by atoms with Crippen molar-refractivity contribution in [2.45, 2.75) is 19.5 Å². The third kappa shape index (κ3) is 3.26. The fraction of sp³-hybridized carbons (Fsp3) is 0.286. The Bertz CT molecular complexity index is 607. The summed E-state index contributed by atoms with van der Waals surface area (Å²) in [5.74, 6) is -0.953. The number of carboxylic acid groups (broad SMARTS) is 1. The van der Waals surface area contributed by atoms with Gasteiger partial charge in [0.1, 0.15) is 5.56 Å². The van der Waals surface area contributed by atoms with Gasteiger partial charge in [-0.3, -0.25) is 4.68 Å². The second-order valence-corrected chi connectivity index (χ2v) is 5.50. The van der Waals surface area contributed by atoms with Crippen LogP contribution in [0.3, 0.4) is 0 Å². The van der Waals surface area contributed by atoms with Crippen LogP contribution < -0.4 is 5.32 Å². The van der Waals surface area contributed by atoms with Crippen LogP contribution in [0.25, 0.3) is 0 Å². The van der Waals surface area contributed by atoms with Crippen molar-refractivity contribution in [1.29, 1.82) is 0 Å². The van der Waals surface area contributed by atoms with Gasteiger partial charge >= 0.3 is 5.97 Å². The van der Waals surface area contributed by atoms with E-state index in [0.717, 1.165) is 10.0 Å². The van der Waals surface area contributed by atoms with Crippen molar-refractivity contribution >= 4 is 21.9 Å². The van der Waals surface area contributed by atoms with Crippen LogP contribution >= 0.6 is 15.9 Å². The standard InChI is InChI=1S/C14H16BrN3O2/c1-9(10-3-5-11(15)6-4-10)16-8-13-12(14(19)20)7-17-18(13)2/h3-7,9,16H,8H2,1-2H3,(H,19,20)/t9-/m0/s1. The van der Waals surface area contributed by atoms with Gasteiger partial charge in [-0.1, -0.05) is 28.1 Å². The Morgan fingerprint density at radius 2 is 2.10 bits per heavy atom. The molecule has 0 aliphatic heterocycles. The molecular formula is C14H16BrN3O2. The number of hydrogen-bond acceptors (Lipinski definition) is 3. The van der Waals surface area contributed by atoms with E-state index in [4.69, 9.17) is 5.11 Å². The summed E-state index contributed by atoms with van der Waals surface area (Å²) < 4.78 is 2.62. The molecule has 1 aromatic heterocycles. The number of carboxylic acids is 1. The molecule has 0 unspecified atom stereocenters. The maximum Gasteiger partial charge on any atom is 0.339 e. The first kappa shape index (κ1) is 14.7. The van der Waals surface area contributed by atoms with E-state index in [-0.39, 0.29) is 11.6 Å². The van der Waals surface area contributed by atoms with E-state index in [1.54, 1.807) is 11.7 Å². The molecule has 1 aromatic carbocycles. The lowest BCUT2D eigenvalue weighted by atomic mass is 10.1.